The Morgan fingerprint density at radius 3 is 2.85 bits per heavy atom. The normalized spacial score (nSPS) is 19.8. The largest absolute Gasteiger partial charge is 0.410 e. The molecule has 0 radical (unpaired) electrons. The summed E-state index contributed by atoms with van der Waals surface area (Å²) in [5, 5.41) is 21.2. The van der Waals surface area contributed by atoms with Crippen LogP contribution in [0.4, 0.5) is 24.0 Å². The molecular weight excluding hydrogens is 495 g/mol. The smallest absolute Gasteiger partial charge is 0.361 e. The number of alkyl halides is 3. The van der Waals surface area contributed by atoms with Crippen LogP contribution in [0.5, 0.6) is 0 Å². The van der Waals surface area contributed by atoms with Crippen molar-refractivity contribution in [3.8, 4) is 6.07 Å². The minimum absolute atomic E-state index is 0.0419. The number of thiophene rings is 2. The number of rotatable bonds is 3. The maximum atomic E-state index is 13.9. The quantitative estimate of drug-likeness (QED) is 0.431. The van der Waals surface area contributed by atoms with Gasteiger partial charge in [-0.2, -0.15) is 23.5 Å². The standard InChI is InChI=1S/C21H17ClF3N5OS2/c22-16-17(19(31)28-20-11(9-26)10-4-1-2-5-13(10)33-20)29-30-15(21(23,24)25)8-12(27-18(16)30)14-6-3-7-32-14/h3,6-7,12,15,27H,1-2,4-5,8H2,(H,28,31)/t12-,15+/m1/s1. The molecule has 12 heteroatoms. The lowest BCUT2D eigenvalue weighted by Gasteiger charge is -2.32. The van der Waals surface area contributed by atoms with E-state index < -0.39 is 24.2 Å². The van der Waals surface area contributed by atoms with Gasteiger partial charge in [0.05, 0.1) is 11.6 Å². The number of amides is 1. The topological polar surface area (TPSA) is 82.7 Å². The Hall–Kier alpha value is -2.55. The van der Waals surface area contributed by atoms with E-state index in [9.17, 15) is 23.2 Å². The molecule has 1 aliphatic heterocycles. The van der Waals surface area contributed by atoms with Gasteiger partial charge >= 0.3 is 6.18 Å². The second-order valence-corrected chi connectivity index (χ2v) is 10.4. The van der Waals surface area contributed by atoms with Crippen LogP contribution in [-0.2, 0) is 12.8 Å². The van der Waals surface area contributed by atoms with E-state index in [0.717, 1.165) is 45.7 Å². The highest BCUT2D eigenvalue weighted by molar-refractivity contribution is 7.16. The number of nitriles is 1. The fraction of sp³-hybridized carbons (Fsp3) is 0.381. The van der Waals surface area contributed by atoms with Crippen molar-refractivity contribution in [2.45, 2.75) is 50.4 Å². The molecular formula is C21H17ClF3N5OS2. The molecule has 5 rings (SSSR count). The van der Waals surface area contributed by atoms with Crippen molar-refractivity contribution in [1.82, 2.24) is 9.78 Å². The zero-order valence-corrected chi connectivity index (χ0v) is 19.4. The summed E-state index contributed by atoms with van der Waals surface area (Å²) in [6.45, 7) is 0. The predicted octanol–water partition coefficient (Wildman–Crippen LogP) is 6.32. The molecule has 1 amide bonds. The number of hydrogen-bond acceptors (Lipinski definition) is 6. The predicted molar refractivity (Wildman–Crippen MR) is 121 cm³/mol. The second-order valence-electron chi connectivity index (χ2n) is 7.94. The van der Waals surface area contributed by atoms with Gasteiger partial charge in [0.15, 0.2) is 11.7 Å². The van der Waals surface area contributed by atoms with Gasteiger partial charge in [-0.1, -0.05) is 17.7 Å². The third-order valence-corrected chi connectivity index (χ3v) is 8.46. The molecule has 6 nitrogen and oxygen atoms in total. The molecule has 0 bridgehead atoms. The molecule has 2 aliphatic rings. The number of nitrogens with zero attached hydrogens (tertiary/aromatic N) is 3. The van der Waals surface area contributed by atoms with Crippen LogP contribution in [0.1, 0.15) is 62.7 Å². The van der Waals surface area contributed by atoms with Gasteiger partial charge in [0, 0.05) is 16.2 Å². The third kappa shape index (κ3) is 3.90. The molecule has 172 valence electrons. The molecule has 0 saturated heterocycles. The second kappa shape index (κ2) is 8.34. The van der Waals surface area contributed by atoms with E-state index >= 15 is 0 Å². The maximum absolute atomic E-state index is 13.9. The number of carbonyl (C=O) groups excluding carboxylic acids is 1. The van der Waals surface area contributed by atoms with Gasteiger partial charge in [0.2, 0.25) is 0 Å². The molecule has 2 N–H and O–H groups in total. The Morgan fingerprint density at radius 2 is 2.15 bits per heavy atom. The fourth-order valence-corrected chi connectivity index (χ4v) is 6.64. The van der Waals surface area contributed by atoms with Crippen LogP contribution in [0.3, 0.4) is 0 Å². The van der Waals surface area contributed by atoms with Crippen molar-refractivity contribution >= 4 is 51.0 Å². The molecule has 3 aromatic heterocycles. The van der Waals surface area contributed by atoms with Crippen LogP contribution in [0, 0.1) is 11.3 Å². The minimum atomic E-state index is -4.57. The average Bonchev–Trinajstić information content (AvgIpc) is 3.50. The van der Waals surface area contributed by atoms with E-state index in [1.165, 1.54) is 22.7 Å². The van der Waals surface area contributed by atoms with Crippen LogP contribution < -0.4 is 10.6 Å². The van der Waals surface area contributed by atoms with Gasteiger partial charge in [0.25, 0.3) is 5.91 Å². The van der Waals surface area contributed by atoms with E-state index in [4.69, 9.17) is 11.6 Å². The summed E-state index contributed by atoms with van der Waals surface area (Å²) in [6.07, 6.45) is -1.25. The Kier molecular flexibility index (Phi) is 5.63. The van der Waals surface area contributed by atoms with Gasteiger partial charge in [-0.3, -0.25) is 4.79 Å². The molecule has 0 spiro atoms. The van der Waals surface area contributed by atoms with E-state index in [1.807, 2.05) is 0 Å². The summed E-state index contributed by atoms with van der Waals surface area (Å²) in [5.74, 6) is -0.785. The molecule has 2 atom stereocenters. The zero-order valence-electron chi connectivity index (χ0n) is 17.0. The third-order valence-electron chi connectivity index (χ3n) is 5.91. The fourth-order valence-electron chi connectivity index (χ4n) is 4.35. The number of nitrogens with one attached hydrogen (secondary N) is 2. The number of hydrogen-bond donors (Lipinski definition) is 2. The van der Waals surface area contributed by atoms with Crippen molar-refractivity contribution in [2.75, 3.05) is 10.6 Å². The molecule has 3 aromatic rings. The van der Waals surface area contributed by atoms with Gasteiger partial charge < -0.3 is 10.6 Å². The lowest BCUT2D eigenvalue weighted by molar-refractivity contribution is -0.173. The number of halogens is 4. The first-order valence-electron chi connectivity index (χ1n) is 10.3. The Bertz CT molecular complexity index is 1260. The molecule has 0 aromatic carbocycles. The SMILES string of the molecule is N#Cc1c(NC(=O)c2nn3c(c2Cl)N[C@@H](c2cccs2)C[C@H]3C(F)(F)F)sc2c1CCCC2. The molecule has 0 saturated carbocycles. The highest BCUT2D eigenvalue weighted by atomic mass is 35.5. The number of carbonyl (C=O) groups is 1. The van der Waals surface area contributed by atoms with E-state index in [2.05, 4.69) is 21.8 Å². The Balaban J connectivity index is 1.49. The van der Waals surface area contributed by atoms with Crippen LogP contribution in [0.2, 0.25) is 5.02 Å². The number of aryl methyl sites for hydroxylation is 1. The van der Waals surface area contributed by atoms with Crippen LogP contribution in [-0.4, -0.2) is 21.9 Å². The summed E-state index contributed by atoms with van der Waals surface area (Å²) in [5.41, 5.74) is 1.04. The van der Waals surface area contributed by atoms with Crippen LogP contribution in [0.25, 0.3) is 0 Å². The van der Waals surface area contributed by atoms with E-state index in [0.29, 0.717) is 10.6 Å². The molecule has 0 unspecified atom stereocenters. The Labute approximate surface area is 200 Å². The van der Waals surface area contributed by atoms with Crippen LogP contribution in [0.15, 0.2) is 17.5 Å². The van der Waals surface area contributed by atoms with Gasteiger partial charge in [-0.15, -0.1) is 22.7 Å². The Morgan fingerprint density at radius 1 is 1.36 bits per heavy atom. The monoisotopic (exact) mass is 511 g/mol. The van der Waals surface area contributed by atoms with E-state index in [1.54, 1.807) is 17.5 Å². The van der Waals surface area contributed by atoms with Crippen molar-refractivity contribution < 1.29 is 18.0 Å². The highest BCUT2D eigenvalue weighted by Gasteiger charge is 2.48. The van der Waals surface area contributed by atoms with Gasteiger partial charge in [0.1, 0.15) is 21.9 Å². The van der Waals surface area contributed by atoms with Gasteiger partial charge in [-0.05, 0) is 42.7 Å². The first-order valence-corrected chi connectivity index (χ1v) is 12.4. The van der Waals surface area contributed by atoms with E-state index in [-0.39, 0.29) is 23.0 Å². The molecule has 4 heterocycles. The number of aromatic nitrogens is 2. The summed E-state index contributed by atoms with van der Waals surface area (Å²) >= 11 is 9.06. The molecule has 1 aliphatic carbocycles. The zero-order chi connectivity index (χ0) is 23.3. The average molecular weight is 512 g/mol. The van der Waals surface area contributed by atoms with Crippen molar-refractivity contribution in [2.24, 2.45) is 0 Å². The highest BCUT2D eigenvalue weighted by Crippen LogP contribution is 2.47. The first-order chi connectivity index (χ1) is 15.8. The lowest BCUT2D eigenvalue weighted by Crippen LogP contribution is -2.35. The maximum Gasteiger partial charge on any atom is 0.410 e. The van der Waals surface area contributed by atoms with Crippen molar-refractivity contribution in [3.63, 3.8) is 0 Å². The summed E-state index contributed by atoms with van der Waals surface area (Å²) in [4.78, 5) is 14.8. The first kappa shape index (κ1) is 22.3. The summed E-state index contributed by atoms with van der Waals surface area (Å²) in [7, 11) is 0. The summed E-state index contributed by atoms with van der Waals surface area (Å²) in [6, 6.07) is 3.14. The van der Waals surface area contributed by atoms with Gasteiger partial charge in [-0.25, -0.2) is 4.68 Å². The molecule has 0 fully saturated rings. The van der Waals surface area contributed by atoms with Crippen molar-refractivity contribution in [3.05, 3.63) is 49.1 Å². The number of fused-ring (bicyclic) bond motifs is 2. The lowest BCUT2D eigenvalue weighted by atomic mass is 9.96. The van der Waals surface area contributed by atoms with Crippen molar-refractivity contribution in [1.29, 1.82) is 5.26 Å². The molecule has 33 heavy (non-hydrogen) atoms. The number of anilines is 2. The minimum Gasteiger partial charge on any atom is -0.361 e. The van der Waals surface area contributed by atoms with Crippen LogP contribution >= 0.6 is 34.3 Å². The summed E-state index contributed by atoms with van der Waals surface area (Å²) < 4.78 is 42.4.